The second-order valence-corrected chi connectivity index (χ2v) is 6.14. The maximum atomic E-state index is 12.7. The summed E-state index contributed by atoms with van der Waals surface area (Å²) >= 11 is 0. The number of hydrogen-bond donors (Lipinski definition) is 2. The fourth-order valence-corrected chi connectivity index (χ4v) is 2.43. The molecule has 2 rings (SSSR count). The van der Waals surface area contributed by atoms with Gasteiger partial charge in [0.2, 0.25) is 0 Å². The Kier molecular flexibility index (Phi) is 6.68. The van der Waals surface area contributed by atoms with Gasteiger partial charge in [0, 0.05) is 37.2 Å². The van der Waals surface area contributed by atoms with E-state index in [0.717, 1.165) is 0 Å². The Balaban J connectivity index is 2.23. The normalized spacial score (nSPS) is 10.6. The Morgan fingerprint density at radius 2 is 1.88 bits per heavy atom. The number of anilines is 2. The first-order valence-electron chi connectivity index (χ1n) is 8.35. The summed E-state index contributed by atoms with van der Waals surface area (Å²) in [6.45, 7) is 5.12. The van der Waals surface area contributed by atoms with E-state index in [1.165, 1.54) is 23.8 Å². The quantitative estimate of drug-likeness (QED) is 0.423. The largest absolute Gasteiger partial charge is 0.383 e. The summed E-state index contributed by atoms with van der Waals surface area (Å²) in [5.41, 5.74) is 2.39. The van der Waals surface area contributed by atoms with Crippen molar-refractivity contribution in [1.29, 1.82) is 0 Å². The van der Waals surface area contributed by atoms with Crippen LogP contribution in [0.5, 0.6) is 0 Å². The van der Waals surface area contributed by atoms with Crippen molar-refractivity contribution in [2.45, 2.75) is 19.8 Å². The van der Waals surface area contributed by atoms with Crippen molar-refractivity contribution in [3.8, 4) is 0 Å². The molecular formula is C19H23N3O4. The van der Waals surface area contributed by atoms with Gasteiger partial charge >= 0.3 is 0 Å². The summed E-state index contributed by atoms with van der Waals surface area (Å²) in [5, 5.41) is 16.9. The molecule has 26 heavy (non-hydrogen) atoms. The first-order chi connectivity index (χ1) is 12.4. The second-order valence-electron chi connectivity index (χ2n) is 6.14. The molecule has 0 saturated heterocycles. The fraction of sp³-hybridized carbons (Fsp3) is 0.316. The average molecular weight is 357 g/mol. The van der Waals surface area contributed by atoms with Crippen LogP contribution in [0.15, 0.2) is 42.5 Å². The van der Waals surface area contributed by atoms with E-state index in [2.05, 4.69) is 24.5 Å². The van der Waals surface area contributed by atoms with Crippen molar-refractivity contribution in [2.75, 3.05) is 30.9 Å². The Hall–Kier alpha value is -2.93. The minimum Gasteiger partial charge on any atom is -0.383 e. The second kappa shape index (κ2) is 8.96. The number of carbonyl (C=O) groups excluding carboxylic acids is 1. The van der Waals surface area contributed by atoms with Crippen LogP contribution in [-0.2, 0) is 4.74 Å². The van der Waals surface area contributed by atoms with E-state index >= 15 is 0 Å². The third-order valence-corrected chi connectivity index (χ3v) is 3.92. The lowest BCUT2D eigenvalue weighted by Gasteiger charge is -2.13. The van der Waals surface area contributed by atoms with Gasteiger partial charge in [0.1, 0.15) is 0 Å². The highest BCUT2D eigenvalue weighted by Gasteiger charge is 2.17. The van der Waals surface area contributed by atoms with Crippen molar-refractivity contribution >= 4 is 23.0 Å². The Morgan fingerprint density at radius 3 is 2.46 bits per heavy atom. The highest BCUT2D eigenvalue weighted by molar-refractivity contribution is 6.08. The number of hydrogen-bond acceptors (Lipinski definition) is 5. The lowest BCUT2D eigenvalue weighted by molar-refractivity contribution is -0.384. The highest BCUT2D eigenvalue weighted by atomic mass is 16.6. The third kappa shape index (κ3) is 5.03. The molecule has 0 spiro atoms. The molecule has 138 valence electrons. The van der Waals surface area contributed by atoms with Crippen LogP contribution in [-0.4, -0.2) is 31.1 Å². The molecule has 0 atom stereocenters. The number of benzene rings is 2. The van der Waals surface area contributed by atoms with Crippen molar-refractivity contribution in [3.63, 3.8) is 0 Å². The summed E-state index contributed by atoms with van der Waals surface area (Å²) in [6.07, 6.45) is 0. The maximum absolute atomic E-state index is 12.7. The molecule has 0 aromatic heterocycles. The lowest BCUT2D eigenvalue weighted by atomic mass is 10.0. The van der Waals surface area contributed by atoms with E-state index in [1.54, 1.807) is 7.11 Å². The molecule has 0 aliphatic rings. The molecule has 2 aromatic carbocycles. The molecule has 0 fully saturated rings. The molecule has 1 amide bonds. The van der Waals surface area contributed by atoms with E-state index in [1.807, 2.05) is 24.3 Å². The molecule has 0 heterocycles. The summed E-state index contributed by atoms with van der Waals surface area (Å²) < 4.78 is 4.98. The summed E-state index contributed by atoms with van der Waals surface area (Å²) in [6, 6.07) is 11.7. The molecule has 7 nitrogen and oxygen atoms in total. The summed E-state index contributed by atoms with van der Waals surface area (Å²) in [7, 11) is 1.58. The minimum atomic E-state index is -0.521. The first-order valence-corrected chi connectivity index (χ1v) is 8.35. The standard InChI is InChI=1S/C19H23N3O4/c1-13(2)14-4-6-15(7-5-14)21-19(23)17-12-16(22(24)25)8-9-18(17)20-10-11-26-3/h4-9,12-13,20H,10-11H2,1-3H3,(H,21,23). The number of nitrogens with zero attached hydrogens (tertiary/aromatic N) is 1. The Bertz CT molecular complexity index is 773. The van der Waals surface area contributed by atoms with Gasteiger partial charge in [0.25, 0.3) is 11.6 Å². The number of nitro benzene ring substituents is 1. The molecule has 0 saturated carbocycles. The van der Waals surface area contributed by atoms with Gasteiger partial charge in [0.15, 0.2) is 0 Å². The van der Waals surface area contributed by atoms with E-state index in [4.69, 9.17) is 4.74 Å². The van der Waals surface area contributed by atoms with Crippen LogP contribution in [0.3, 0.4) is 0 Å². The smallest absolute Gasteiger partial charge is 0.270 e. The van der Waals surface area contributed by atoms with Crippen LogP contribution in [0.2, 0.25) is 0 Å². The first kappa shape index (κ1) is 19.4. The Morgan fingerprint density at radius 1 is 1.19 bits per heavy atom. The molecule has 0 radical (unpaired) electrons. The molecular weight excluding hydrogens is 334 g/mol. The number of rotatable bonds is 8. The van der Waals surface area contributed by atoms with Crippen molar-refractivity contribution < 1.29 is 14.5 Å². The van der Waals surface area contributed by atoms with Crippen LogP contribution < -0.4 is 10.6 Å². The molecule has 0 bridgehead atoms. The molecule has 2 N–H and O–H groups in total. The number of non-ortho nitro benzene ring substituents is 1. The van der Waals surface area contributed by atoms with Gasteiger partial charge in [-0.25, -0.2) is 0 Å². The van der Waals surface area contributed by atoms with E-state index in [-0.39, 0.29) is 11.3 Å². The zero-order chi connectivity index (χ0) is 19.1. The van der Waals surface area contributed by atoms with Gasteiger partial charge in [0.05, 0.1) is 17.1 Å². The van der Waals surface area contributed by atoms with Gasteiger partial charge < -0.3 is 15.4 Å². The molecule has 0 aliphatic heterocycles. The van der Waals surface area contributed by atoms with Crippen LogP contribution in [0.25, 0.3) is 0 Å². The number of nitrogens with one attached hydrogen (secondary N) is 2. The average Bonchev–Trinajstić information content (AvgIpc) is 2.62. The monoisotopic (exact) mass is 357 g/mol. The zero-order valence-corrected chi connectivity index (χ0v) is 15.1. The van der Waals surface area contributed by atoms with Gasteiger partial charge in [-0.1, -0.05) is 26.0 Å². The Labute approximate surface area is 152 Å². The van der Waals surface area contributed by atoms with Crippen molar-refractivity contribution in [1.82, 2.24) is 0 Å². The number of amides is 1. The number of nitro groups is 1. The zero-order valence-electron chi connectivity index (χ0n) is 15.1. The van der Waals surface area contributed by atoms with Crippen molar-refractivity contribution in [2.24, 2.45) is 0 Å². The van der Waals surface area contributed by atoms with E-state index in [0.29, 0.717) is 30.4 Å². The SMILES string of the molecule is COCCNc1ccc([N+](=O)[O-])cc1C(=O)Nc1ccc(C(C)C)cc1. The van der Waals surface area contributed by atoms with Gasteiger partial charge in [-0.3, -0.25) is 14.9 Å². The van der Waals surface area contributed by atoms with Gasteiger partial charge in [-0.15, -0.1) is 0 Å². The molecule has 7 heteroatoms. The highest BCUT2D eigenvalue weighted by Crippen LogP contribution is 2.24. The van der Waals surface area contributed by atoms with Crippen LogP contribution in [0.4, 0.5) is 17.1 Å². The fourth-order valence-electron chi connectivity index (χ4n) is 2.43. The number of methoxy groups -OCH3 is 1. The lowest BCUT2D eigenvalue weighted by Crippen LogP contribution is -2.17. The van der Waals surface area contributed by atoms with Gasteiger partial charge in [-0.2, -0.15) is 0 Å². The van der Waals surface area contributed by atoms with E-state index < -0.39 is 10.8 Å². The van der Waals surface area contributed by atoms with E-state index in [9.17, 15) is 14.9 Å². The summed E-state index contributed by atoms with van der Waals surface area (Å²) in [4.78, 5) is 23.2. The molecule has 0 unspecified atom stereocenters. The molecule has 0 aliphatic carbocycles. The minimum absolute atomic E-state index is 0.136. The topological polar surface area (TPSA) is 93.5 Å². The van der Waals surface area contributed by atoms with Crippen LogP contribution >= 0.6 is 0 Å². The predicted molar refractivity (Wildman–Crippen MR) is 102 cm³/mol. The number of ether oxygens (including phenoxy) is 1. The van der Waals surface area contributed by atoms with Gasteiger partial charge in [-0.05, 0) is 29.7 Å². The number of carbonyl (C=O) groups is 1. The predicted octanol–water partition coefficient (Wildman–Crippen LogP) is 4.03. The van der Waals surface area contributed by atoms with Crippen molar-refractivity contribution in [3.05, 3.63) is 63.7 Å². The van der Waals surface area contributed by atoms with Crippen LogP contribution in [0.1, 0.15) is 35.7 Å². The molecule has 2 aromatic rings. The summed E-state index contributed by atoms with van der Waals surface area (Å²) in [5.74, 6) is -0.0148. The maximum Gasteiger partial charge on any atom is 0.270 e. The van der Waals surface area contributed by atoms with Crippen LogP contribution in [0, 0.1) is 10.1 Å². The third-order valence-electron chi connectivity index (χ3n) is 3.92.